The molecule has 39 heavy (non-hydrogen) atoms. The molecule has 9 heteroatoms. The third-order valence-corrected chi connectivity index (χ3v) is 8.49. The van der Waals surface area contributed by atoms with Gasteiger partial charge in [0, 0.05) is 41.6 Å². The molecule has 0 radical (unpaired) electrons. The topological polar surface area (TPSA) is 70.1 Å². The molecule has 3 aromatic rings. The van der Waals surface area contributed by atoms with Gasteiger partial charge >= 0.3 is 0 Å². The minimum absolute atomic E-state index is 0.0538. The highest BCUT2D eigenvalue weighted by atomic mass is 79.9. The number of piperidine rings is 2. The average Bonchev–Trinajstić information content (AvgIpc) is 2.95. The molecule has 1 spiro atoms. The number of ether oxygens (including phenoxy) is 1. The second kappa shape index (κ2) is 11.1. The molecule has 2 amide bonds. The predicted molar refractivity (Wildman–Crippen MR) is 147 cm³/mol. The Morgan fingerprint density at radius 1 is 0.949 bits per heavy atom. The van der Waals surface area contributed by atoms with Gasteiger partial charge < -0.3 is 19.6 Å². The molecule has 6 nitrogen and oxygen atoms in total. The molecule has 1 atom stereocenters. The lowest BCUT2D eigenvalue weighted by atomic mass is 9.70. The molecule has 204 valence electrons. The van der Waals surface area contributed by atoms with Gasteiger partial charge in [0.05, 0.1) is 18.8 Å². The molecule has 1 N–H and O–H groups in total. The molecule has 0 saturated carbocycles. The number of methoxy groups -OCH3 is 1. The molecular formula is C30H29BrF2N2O4. The zero-order valence-corrected chi connectivity index (χ0v) is 23.1. The Morgan fingerprint density at radius 2 is 1.67 bits per heavy atom. The van der Waals surface area contributed by atoms with Crippen molar-refractivity contribution in [2.45, 2.75) is 25.4 Å². The van der Waals surface area contributed by atoms with Crippen molar-refractivity contribution in [3.05, 3.63) is 87.9 Å². The van der Waals surface area contributed by atoms with Crippen molar-refractivity contribution in [3.63, 3.8) is 0 Å². The quantitative estimate of drug-likeness (QED) is 0.428. The highest BCUT2D eigenvalue weighted by Crippen LogP contribution is 2.41. The number of rotatable bonds is 4. The Labute approximate surface area is 234 Å². The number of halogens is 3. The summed E-state index contributed by atoms with van der Waals surface area (Å²) in [5.41, 5.74) is 2.02. The molecule has 2 saturated heterocycles. The van der Waals surface area contributed by atoms with E-state index in [0.29, 0.717) is 37.9 Å². The molecule has 3 aromatic carbocycles. The normalized spacial score (nSPS) is 18.7. The van der Waals surface area contributed by atoms with Gasteiger partial charge in [0.25, 0.3) is 11.8 Å². The maximum absolute atomic E-state index is 14.2. The number of nitrogens with zero attached hydrogens (tertiary/aromatic N) is 2. The summed E-state index contributed by atoms with van der Waals surface area (Å²) in [5, 5.41) is 11.0. The first-order valence-electron chi connectivity index (χ1n) is 12.9. The average molecular weight is 599 g/mol. The second-order valence-corrected chi connectivity index (χ2v) is 11.1. The van der Waals surface area contributed by atoms with E-state index in [9.17, 15) is 23.5 Å². The minimum atomic E-state index is -1.20. The fraction of sp³-hybridized carbons (Fsp3) is 0.333. The van der Waals surface area contributed by atoms with Crippen molar-refractivity contribution in [2.24, 2.45) is 5.41 Å². The maximum Gasteiger partial charge on any atom is 0.257 e. The van der Waals surface area contributed by atoms with E-state index in [1.165, 1.54) is 13.2 Å². The van der Waals surface area contributed by atoms with E-state index in [4.69, 9.17) is 4.74 Å². The van der Waals surface area contributed by atoms with Crippen LogP contribution in [0.5, 0.6) is 5.75 Å². The third kappa shape index (κ3) is 5.30. The van der Waals surface area contributed by atoms with Crippen molar-refractivity contribution in [2.75, 3.05) is 33.3 Å². The van der Waals surface area contributed by atoms with Crippen LogP contribution in [0.3, 0.4) is 0 Å². The van der Waals surface area contributed by atoms with E-state index >= 15 is 0 Å². The Hall–Kier alpha value is -3.30. The van der Waals surface area contributed by atoms with Gasteiger partial charge in [-0.15, -0.1) is 0 Å². The molecular weight excluding hydrogens is 570 g/mol. The number of amides is 2. The summed E-state index contributed by atoms with van der Waals surface area (Å²) in [6.07, 6.45) is 0.779. The standard InChI is InChI=1S/C30H29BrF2N2O4/c1-39-27-23(9-10-24(32)26(27)33)29(38)35-14-11-25(36)30(18-35)12-15-34(16-13-30)28(37)20-7-5-19(6-8-20)21-3-2-4-22(31)17-21/h2-10,17,25,36H,11-16,18H2,1H3. The molecule has 5 rings (SSSR count). The first-order valence-corrected chi connectivity index (χ1v) is 13.7. The Bertz CT molecular complexity index is 1390. The third-order valence-electron chi connectivity index (χ3n) is 7.99. The van der Waals surface area contributed by atoms with Crippen molar-refractivity contribution in [1.29, 1.82) is 0 Å². The number of aliphatic hydroxyl groups is 1. The van der Waals surface area contributed by atoms with Crippen LogP contribution in [0.4, 0.5) is 8.78 Å². The molecule has 2 heterocycles. The molecule has 2 fully saturated rings. The summed E-state index contributed by atoms with van der Waals surface area (Å²) >= 11 is 3.48. The van der Waals surface area contributed by atoms with E-state index in [1.807, 2.05) is 48.5 Å². The summed E-state index contributed by atoms with van der Waals surface area (Å²) in [4.78, 5) is 29.9. The fourth-order valence-electron chi connectivity index (χ4n) is 5.69. The van der Waals surface area contributed by atoms with E-state index in [0.717, 1.165) is 21.7 Å². The largest absolute Gasteiger partial charge is 0.493 e. The van der Waals surface area contributed by atoms with Crippen LogP contribution in [-0.4, -0.2) is 66.1 Å². The van der Waals surface area contributed by atoms with Gasteiger partial charge in [-0.05, 0) is 66.8 Å². The molecule has 1 unspecified atom stereocenters. The number of likely N-dealkylation sites (tertiary alicyclic amines) is 2. The van der Waals surface area contributed by atoms with Crippen LogP contribution < -0.4 is 4.74 Å². The van der Waals surface area contributed by atoms with Crippen LogP contribution in [0.25, 0.3) is 11.1 Å². The number of hydrogen-bond donors (Lipinski definition) is 1. The van der Waals surface area contributed by atoms with Gasteiger partial charge in [-0.2, -0.15) is 4.39 Å². The summed E-state index contributed by atoms with van der Waals surface area (Å²) in [5.74, 6) is -3.26. The van der Waals surface area contributed by atoms with Crippen LogP contribution in [0, 0.1) is 17.0 Å². The maximum atomic E-state index is 14.2. The van der Waals surface area contributed by atoms with Gasteiger partial charge in [-0.25, -0.2) is 4.39 Å². The Kier molecular flexibility index (Phi) is 7.73. The lowest BCUT2D eigenvalue weighted by Gasteiger charge is -2.50. The molecule has 0 aromatic heterocycles. The minimum Gasteiger partial charge on any atom is -0.493 e. The lowest BCUT2D eigenvalue weighted by molar-refractivity contribution is -0.0676. The number of carbonyl (C=O) groups is 2. The number of aliphatic hydroxyl groups excluding tert-OH is 1. The SMILES string of the molecule is COc1c(C(=O)N2CCC(O)C3(CCN(C(=O)c4ccc(-c5cccc(Br)c5)cc4)CC3)C2)ccc(F)c1F. The molecule has 0 bridgehead atoms. The van der Waals surface area contributed by atoms with Crippen molar-refractivity contribution in [3.8, 4) is 16.9 Å². The smallest absolute Gasteiger partial charge is 0.257 e. The monoisotopic (exact) mass is 598 g/mol. The first kappa shape index (κ1) is 27.3. The van der Waals surface area contributed by atoms with E-state index < -0.39 is 34.8 Å². The van der Waals surface area contributed by atoms with Crippen LogP contribution in [-0.2, 0) is 0 Å². The van der Waals surface area contributed by atoms with Crippen molar-refractivity contribution >= 4 is 27.7 Å². The van der Waals surface area contributed by atoms with Crippen molar-refractivity contribution in [1.82, 2.24) is 9.80 Å². The van der Waals surface area contributed by atoms with E-state index in [-0.39, 0.29) is 24.6 Å². The summed E-state index contributed by atoms with van der Waals surface area (Å²) in [6.45, 7) is 1.44. The number of hydrogen-bond acceptors (Lipinski definition) is 4. The number of carbonyl (C=O) groups excluding carboxylic acids is 2. The summed E-state index contributed by atoms with van der Waals surface area (Å²) < 4.78 is 33.9. The van der Waals surface area contributed by atoms with Gasteiger partial charge in [0.1, 0.15) is 0 Å². The first-order chi connectivity index (χ1) is 18.7. The van der Waals surface area contributed by atoms with Crippen LogP contribution in [0.15, 0.2) is 65.1 Å². The van der Waals surface area contributed by atoms with Crippen LogP contribution in [0.1, 0.15) is 40.0 Å². The fourth-order valence-corrected chi connectivity index (χ4v) is 6.09. The van der Waals surface area contributed by atoms with Crippen LogP contribution >= 0.6 is 15.9 Å². The van der Waals surface area contributed by atoms with E-state index in [1.54, 1.807) is 9.80 Å². The van der Waals surface area contributed by atoms with Crippen LogP contribution in [0.2, 0.25) is 0 Å². The Morgan fingerprint density at radius 3 is 2.33 bits per heavy atom. The highest BCUT2D eigenvalue weighted by molar-refractivity contribution is 9.10. The predicted octanol–water partition coefficient (Wildman–Crippen LogP) is 5.53. The van der Waals surface area contributed by atoms with Gasteiger partial charge in [0.15, 0.2) is 11.6 Å². The molecule has 0 aliphatic carbocycles. The zero-order valence-electron chi connectivity index (χ0n) is 21.5. The van der Waals surface area contributed by atoms with E-state index in [2.05, 4.69) is 15.9 Å². The summed E-state index contributed by atoms with van der Waals surface area (Å²) in [6, 6.07) is 17.6. The molecule has 2 aliphatic rings. The highest BCUT2D eigenvalue weighted by Gasteiger charge is 2.46. The van der Waals surface area contributed by atoms with Gasteiger partial charge in [-0.3, -0.25) is 9.59 Å². The summed E-state index contributed by atoms with van der Waals surface area (Å²) in [7, 11) is 1.19. The lowest BCUT2D eigenvalue weighted by Crippen LogP contribution is -2.58. The molecule has 2 aliphatic heterocycles. The number of benzene rings is 3. The second-order valence-electron chi connectivity index (χ2n) is 10.2. The van der Waals surface area contributed by atoms with Gasteiger partial charge in [-0.1, -0.05) is 40.2 Å². The van der Waals surface area contributed by atoms with Crippen molar-refractivity contribution < 1.29 is 28.2 Å². The zero-order chi connectivity index (χ0) is 27.7. The van der Waals surface area contributed by atoms with Gasteiger partial charge in [0.2, 0.25) is 5.82 Å². The Balaban J connectivity index is 1.26.